The minimum atomic E-state index is -0.0964. The number of thioether (sulfide) groups is 1. The first kappa shape index (κ1) is 20.9. The van der Waals surface area contributed by atoms with Crippen LogP contribution in [0.4, 0.5) is 11.4 Å². The molecule has 1 amide bonds. The first-order valence-corrected chi connectivity index (χ1v) is 11.8. The number of rotatable bonds is 5. The monoisotopic (exact) mass is 481 g/mol. The number of hydrogen-bond acceptors (Lipinski definition) is 7. The van der Waals surface area contributed by atoms with Gasteiger partial charge in [0.25, 0.3) is 0 Å². The highest BCUT2D eigenvalue weighted by Crippen LogP contribution is 2.49. The first-order valence-electron chi connectivity index (χ1n) is 9.59. The summed E-state index contributed by atoms with van der Waals surface area (Å²) in [5.74, 6) is 0.680. The standard InChI is InChI=1S/C22H16ClN5O2S2/c1-30-18-8-4-2-6-15(18)28-22(24-25-26-28)31-13-21(29)27-16-7-3-5-9-19(16)32-20-11-10-14(23)12-17(20)27/h2-12H,13H2,1H3. The minimum Gasteiger partial charge on any atom is -0.494 e. The number of carbonyl (C=O) groups is 1. The van der Waals surface area contributed by atoms with E-state index < -0.39 is 0 Å². The van der Waals surface area contributed by atoms with Crippen molar-refractivity contribution >= 4 is 52.4 Å². The molecule has 4 aromatic rings. The SMILES string of the molecule is COc1ccccc1-n1nnnc1SCC(=O)N1c2ccccc2Sc2ccc(Cl)cc21. The number of aromatic nitrogens is 4. The van der Waals surface area contributed by atoms with Gasteiger partial charge in [-0.2, -0.15) is 4.68 Å². The van der Waals surface area contributed by atoms with E-state index >= 15 is 0 Å². The molecule has 0 fully saturated rings. The van der Waals surface area contributed by atoms with Gasteiger partial charge in [-0.3, -0.25) is 9.69 Å². The number of methoxy groups -OCH3 is 1. The Labute approximate surface area is 197 Å². The van der Waals surface area contributed by atoms with Gasteiger partial charge in [-0.05, 0) is 52.9 Å². The van der Waals surface area contributed by atoms with Crippen molar-refractivity contribution in [2.24, 2.45) is 0 Å². The molecule has 2 heterocycles. The van der Waals surface area contributed by atoms with Crippen molar-refractivity contribution in [3.05, 3.63) is 71.8 Å². The van der Waals surface area contributed by atoms with Gasteiger partial charge in [0.15, 0.2) is 0 Å². The summed E-state index contributed by atoms with van der Waals surface area (Å²) in [6, 6.07) is 20.9. The number of amides is 1. The molecule has 0 N–H and O–H groups in total. The number of para-hydroxylation sites is 3. The van der Waals surface area contributed by atoms with Crippen LogP contribution in [0.2, 0.25) is 5.02 Å². The molecule has 1 aliphatic heterocycles. The predicted octanol–water partition coefficient (Wildman–Crippen LogP) is 5.25. The van der Waals surface area contributed by atoms with Crippen molar-refractivity contribution in [3.63, 3.8) is 0 Å². The van der Waals surface area contributed by atoms with Crippen molar-refractivity contribution in [1.82, 2.24) is 20.2 Å². The maximum Gasteiger partial charge on any atom is 0.242 e. The number of ether oxygens (including phenoxy) is 1. The number of fused-ring (bicyclic) bond motifs is 2. The predicted molar refractivity (Wildman–Crippen MR) is 126 cm³/mol. The van der Waals surface area contributed by atoms with E-state index in [9.17, 15) is 4.79 Å². The van der Waals surface area contributed by atoms with Crippen LogP contribution in [0.25, 0.3) is 5.69 Å². The molecule has 7 nitrogen and oxygen atoms in total. The van der Waals surface area contributed by atoms with Crippen LogP contribution < -0.4 is 9.64 Å². The molecule has 1 aliphatic rings. The number of hydrogen-bond donors (Lipinski definition) is 0. The largest absolute Gasteiger partial charge is 0.494 e. The van der Waals surface area contributed by atoms with E-state index in [1.54, 1.807) is 28.5 Å². The average Bonchev–Trinajstić information content (AvgIpc) is 3.29. The van der Waals surface area contributed by atoms with Gasteiger partial charge < -0.3 is 4.74 Å². The van der Waals surface area contributed by atoms with E-state index in [1.807, 2.05) is 66.7 Å². The highest BCUT2D eigenvalue weighted by molar-refractivity contribution is 8.00. The second-order valence-corrected chi connectivity index (χ2v) is 9.21. The van der Waals surface area contributed by atoms with Gasteiger partial charge in [0, 0.05) is 14.8 Å². The maximum absolute atomic E-state index is 13.5. The molecule has 0 aliphatic carbocycles. The van der Waals surface area contributed by atoms with E-state index in [1.165, 1.54) is 11.8 Å². The summed E-state index contributed by atoms with van der Waals surface area (Å²) in [5, 5.41) is 13.0. The molecule has 0 atom stereocenters. The Kier molecular flexibility index (Phi) is 5.77. The zero-order valence-corrected chi connectivity index (χ0v) is 19.2. The highest BCUT2D eigenvalue weighted by Gasteiger charge is 2.29. The van der Waals surface area contributed by atoms with E-state index in [2.05, 4.69) is 15.5 Å². The second kappa shape index (κ2) is 8.85. The lowest BCUT2D eigenvalue weighted by atomic mass is 10.2. The third-order valence-corrected chi connectivity index (χ3v) is 7.09. The molecule has 0 saturated carbocycles. The van der Waals surface area contributed by atoms with Gasteiger partial charge in [0.1, 0.15) is 11.4 Å². The summed E-state index contributed by atoms with van der Waals surface area (Å²) < 4.78 is 6.99. The molecule has 0 saturated heterocycles. The van der Waals surface area contributed by atoms with Crippen LogP contribution in [0, 0.1) is 0 Å². The quantitative estimate of drug-likeness (QED) is 0.360. The topological polar surface area (TPSA) is 73.1 Å². The lowest BCUT2D eigenvalue weighted by molar-refractivity contribution is -0.115. The van der Waals surface area contributed by atoms with Gasteiger partial charge in [-0.15, -0.1) is 5.10 Å². The van der Waals surface area contributed by atoms with Crippen molar-refractivity contribution in [2.75, 3.05) is 17.8 Å². The molecule has 0 spiro atoms. The number of benzene rings is 3. The Morgan fingerprint density at radius 1 is 1.03 bits per heavy atom. The summed E-state index contributed by atoms with van der Waals surface area (Å²) in [7, 11) is 1.59. The summed E-state index contributed by atoms with van der Waals surface area (Å²) in [5.41, 5.74) is 2.31. The van der Waals surface area contributed by atoms with Crippen LogP contribution in [-0.4, -0.2) is 39.0 Å². The van der Waals surface area contributed by atoms with Gasteiger partial charge >= 0.3 is 0 Å². The van der Waals surface area contributed by atoms with Gasteiger partial charge in [0.05, 0.1) is 24.2 Å². The molecule has 0 radical (unpaired) electrons. The second-order valence-electron chi connectivity index (χ2n) is 6.74. The molecular weight excluding hydrogens is 466 g/mol. The fourth-order valence-electron chi connectivity index (χ4n) is 3.41. The Bertz CT molecular complexity index is 1310. The number of tetrazole rings is 1. The first-order chi connectivity index (χ1) is 15.7. The zero-order chi connectivity index (χ0) is 22.1. The van der Waals surface area contributed by atoms with Crippen LogP contribution in [0.15, 0.2) is 81.7 Å². The Morgan fingerprint density at radius 3 is 2.62 bits per heavy atom. The number of halogens is 1. The lowest BCUT2D eigenvalue weighted by Gasteiger charge is -2.31. The number of nitrogens with zero attached hydrogens (tertiary/aromatic N) is 5. The molecular formula is C22H16ClN5O2S2. The van der Waals surface area contributed by atoms with Crippen LogP contribution in [-0.2, 0) is 4.79 Å². The Balaban J connectivity index is 1.44. The maximum atomic E-state index is 13.5. The summed E-state index contributed by atoms with van der Waals surface area (Å²) in [4.78, 5) is 17.2. The third kappa shape index (κ3) is 3.83. The summed E-state index contributed by atoms with van der Waals surface area (Å²) >= 11 is 9.14. The average molecular weight is 482 g/mol. The molecule has 5 rings (SSSR count). The Morgan fingerprint density at radius 2 is 1.78 bits per heavy atom. The van der Waals surface area contributed by atoms with Gasteiger partial charge in [0.2, 0.25) is 11.1 Å². The molecule has 160 valence electrons. The fraction of sp³-hybridized carbons (Fsp3) is 0.0909. The Hall–Kier alpha value is -3.01. The zero-order valence-electron chi connectivity index (χ0n) is 16.8. The van der Waals surface area contributed by atoms with Gasteiger partial charge in [-0.25, -0.2) is 0 Å². The van der Waals surface area contributed by atoms with Crippen molar-refractivity contribution in [2.45, 2.75) is 14.9 Å². The smallest absolute Gasteiger partial charge is 0.242 e. The summed E-state index contributed by atoms with van der Waals surface area (Å²) in [6.45, 7) is 0. The molecule has 0 unspecified atom stereocenters. The van der Waals surface area contributed by atoms with E-state index in [0.29, 0.717) is 21.6 Å². The molecule has 3 aromatic carbocycles. The van der Waals surface area contributed by atoms with Crippen molar-refractivity contribution < 1.29 is 9.53 Å². The fourth-order valence-corrected chi connectivity index (χ4v) is 5.35. The van der Waals surface area contributed by atoms with E-state index in [-0.39, 0.29) is 11.7 Å². The van der Waals surface area contributed by atoms with Gasteiger partial charge in [-0.1, -0.05) is 59.4 Å². The third-order valence-electron chi connectivity index (χ3n) is 4.82. The van der Waals surface area contributed by atoms with Crippen LogP contribution in [0.3, 0.4) is 0 Å². The van der Waals surface area contributed by atoms with Crippen molar-refractivity contribution in [3.8, 4) is 11.4 Å². The van der Waals surface area contributed by atoms with Crippen LogP contribution in [0.1, 0.15) is 0 Å². The molecule has 1 aromatic heterocycles. The minimum absolute atomic E-state index is 0.0964. The number of carbonyl (C=O) groups excluding carboxylic acids is 1. The summed E-state index contributed by atoms with van der Waals surface area (Å²) in [6.07, 6.45) is 0. The van der Waals surface area contributed by atoms with Crippen LogP contribution >= 0.6 is 35.1 Å². The van der Waals surface area contributed by atoms with E-state index in [4.69, 9.17) is 16.3 Å². The van der Waals surface area contributed by atoms with Crippen LogP contribution in [0.5, 0.6) is 5.75 Å². The lowest BCUT2D eigenvalue weighted by Crippen LogP contribution is -2.30. The highest BCUT2D eigenvalue weighted by atomic mass is 35.5. The van der Waals surface area contributed by atoms with E-state index in [0.717, 1.165) is 21.2 Å². The molecule has 0 bridgehead atoms. The molecule has 32 heavy (non-hydrogen) atoms. The molecule has 10 heteroatoms. The number of anilines is 2. The normalized spacial score (nSPS) is 12.2. The van der Waals surface area contributed by atoms with Crippen molar-refractivity contribution in [1.29, 1.82) is 0 Å².